The van der Waals surface area contributed by atoms with Crippen molar-refractivity contribution in [1.29, 1.82) is 0 Å². The van der Waals surface area contributed by atoms with Crippen LogP contribution >= 0.6 is 11.3 Å². The van der Waals surface area contributed by atoms with E-state index >= 15 is 0 Å². The van der Waals surface area contributed by atoms with Crippen LogP contribution in [0, 0.1) is 0 Å². The van der Waals surface area contributed by atoms with Crippen molar-refractivity contribution in [3.63, 3.8) is 0 Å². The van der Waals surface area contributed by atoms with Crippen molar-refractivity contribution in [2.75, 3.05) is 19.7 Å². The summed E-state index contributed by atoms with van der Waals surface area (Å²) in [6.07, 6.45) is 0.626. The van der Waals surface area contributed by atoms with E-state index in [-0.39, 0.29) is 12.7 Å². The zero-order valence-corrected chi connectivity index (χ0v) is 11.8. The minimum Gasteiger partial charge on any atom is -0.392 e. The second-order valence-electron chi connectivity index (χ2n) is 4.33. The summed E-state index contributed by atoms with van der Waals surface area (Å²) in [7, 11) is -3.45. The van der Waals surface area contributed by atoms with Gasteiger partial charge in [0.15, 0.2) is 0 Å². The number of ether oxygens (including phenoxy) is 1. The van der Waals surface area contributed by atoms with E-state index in [1.807, 2.05) is 6.92 Å². The lowest BCUT2D eigenvalue weighted by Crippen LogP contribution is -2.35. The molecule has 0 saturated carbocycles. The summed E-state index contributed by atoms with van der Waals surface area (Å²) in [5.41, 5.74) is 0.637. The normalized spacial score (nSPS) is 22.9. The second-order valence-corrected chi connectivity index (χ2v) is 7.41. The van der Waals surface area contributed by atoms with Gasteiger partial charge in [0.25, 0.3) is 10.0 Å². The average molecular weight is 291 g/mol. The summed E-state index contributed by atoms with van der Waals surface area (Å²) >= 11 is 1.15. The molecule has 0 aromatic carbocycles. The molecule has 1 N–H and O–H groups in total. The van der Waals surface area contributed by atoms with Crippen molar-refractivity contribution in [3.05, 3.63) is 17.0 Å². The predicted molar refractivity (Wildman–Crippen MR) is 69.0 cm³/mol. The Morgan fingerprint density at radius 1 is 1.61 bits per heavy atom. The minimum atomic E-state index is -3.45. The van der Waals surface area contributed by atoms with E-state index in [9.17, 15) is 8.42 Å². The van der Waals surface area contributed by atoms with E-state index in [0.29, 0.717) is 35.9 Å². The van der Waals surface area contributed by atoms with E-state index in [1.165, 1.54) is 10.4 Å². The smallest absolute Gasteiger partial charge is 0.252 e. The Balaban J connectivity index is 2.23. The molecule has 1 fully saturated rings. The lowest BCUT2D eigenvalue weighted by molar-refractivity contribution is 0.0752. The van der Waals surface area contributed by atoms with Gasteiger partial charge in [0.05, 0.1) is 12.7 Å². The number of sulfonamides is 1. The van der Waals surface area contributed by atoms with E-state index < -0.39 is 10.0 Å². The zero-order valence-electron chi connectivity index (χ0n) is 10.2. The quantitative estimate of drug-likeness (QED) is 0.903. The molecule has 0 amide bonds. The number of rotatable bonds is 3. The van der Waals surface area contributed by atoms with E-state index in [1.54, 1.807) is 5.38 Å². The van der Waals surface area contributed by atoms with Crippen molar-refractivity contribution in [3.8, 4) is 0 Å². The van der Waals surface area contributed by atoms with Crippen LogP contribution in [0.5, 0.6) is 0 Å². The molecule has 1 aromatic rings. The molecule has 2 rings (SSSR count). The fourth-order valence-electron chi connectivity index (χ4n) is 1.87. The van der Waals surface area contributed by atoms with Crippen molar-refractivity contribution < 1.29 is 18.3 Å². The average Bonchev–Trinajstić information content (AvgIpc) is 2.72. The summed E-state index contributed by atoms with van der Waals surface area (Å²) < 4.78 is 32.0. The molecule has 1 unspecified atom stereocenters. The summed E-state index contributed by atoms with van der Waals surface area (Å²) in [5, 5.41) is 10.7. The highest BCUT2D eigenvalue weighted by Crippen LogP contribution is 2.25. The second kappa shape index (κ2) is 5.66. The molecule has 1 aliphatic heterocycles. The fourth-order valence-corrected chi connectivity index (χ4v) is 4.78. The monoisotopic (exact) mass is 291 g/mol. The third kappa shape index (κ3) is 2.92. The molecule has 2 heterocycles. The summed E-state index contributed by atoms with van der Waals surface area (Å²) in [6.45, 7) is 3.21. The van der Waals surface area contributed by atoms with E-state index in [0.717, 1.165) is 11.3 Å². The minimum absolute atomic E-state index is 0.0838. The van der Waals surface area contributed by atoms with Gasteiger partial charge in [-0.25, -0.2) is 8.42 Å². The summed E-state index contributed by atoms with van der Waals surface area (Å²) in [5.74, 6) is 0. The SMILES string of the molecule is CC1CN(S(=O)(=O)c2cc(CO)cs2)CCCO1. The number of nitrogens with zero attached hydrogens (tertiary/aromatic N) is 1. The Labute approximate surface area is 111 Å². The molecule has 1 aliphatic rings. The number of hydrogen-bond donors (Lipinski definition) is 1. The van der Waals surface area contributed by atoms with E-state index in [2.05, 4.69) is 0 Å². The van der Waals surface area contributed by atoms with Crippen LogP contribution < -0.4 is 0 Å². The van der Waals surface area contributed by atoms with Crippen molar-refractivity contribution in [2.24, 2.45) is 0 Å². The van der Waals surface area contributed by atoms with Crippen LogP contribution in [0.25, 0.3) is 0 Å². The van der Waals surface area contributed by atoms with Gasteiger partial charge in [-0.1, -0.05) is 0 Å². The molecule has 102 valence electrons. The Hall–Kier alpha value is -0.470. The molecular weight excluding hydrogens is 274 g/mol. The van der Waals surface area contributed by atoms with Crippen molar-refractivity contribution >= 4 is 21.4 Å². The first-order valence-corrected chi connectivity index (χ1v) is 8.16. The van der Waals surface area contributed by atoms with Crippen LogP contribution in [-0.4, -0.2) is 43.6 Å². The number of aliphatic hydroxyl groups excluding tert-OH is 1. The molecule has 1 aromatic heterocycles. The van der Waals surface area contributed by atoms with Crippen molar-refractivity contribution in [2.45, 2.75) is 30.3 Å². The Kier molecular flexibility index (Phi) is 4.39. The highest BCUT2D eigenvalue weighted by atomic mass is 32.2. The molecule has 1 saturated heterocycles. The highest BCUT2D eigenvalue weighted by molar-refractivity contribution is 7.91. The first-order valence-electron chi connectivity index (χ1n) is 5.84. The van der Waals surface area contributed by atoms with Crippen LogP contribution in [0.1, 0.15) is 18.9 Å². The molecule has 1 atom stereocenters. The predicted octanol–water partition coefficient (Wildman–Crippen LogP) is 1.04. The van der Waals surface area contributed by atoms with Gasteiger partial charge in [-0.05, 0) is 30.4 Å². The molecule has 0 aliphatic carbocycles. The number of hydrogen-bond acceptors (Lipinski definition) is 5. The Morgan fingerprint density at radius 2 is 2.39 bits per heavy atom. The lowest BCUT2D eigenvalue weighted by atomic mass is 10.4. The van der Waals surface area contributed by atoms with Crippen LogP contribution in [0.2, 0.25) is 0 Å². The standard InChI is InChI=1S/C11H17NO4S2/c1-9-6-12(3-2-4-16-9)18(14,15)11-5-10(7-13)8-17-11/h5,8-9,13H,2-4,6-7H2,1H3. The topological polar surface area (TPSA) is 66.8 Å². The highest BCUT2D eigenvalue weighted by Gasteiger charge is 2.28. The number of aliphatic hydroxyl groups is 1. The molecular formula is C11H17NO4S2. The lowest BCUT2D eigenvalue weighted by Gasteiger charge is -2.20. The zero-order chi connectivity index (χ0) is 13.2. The molecule has 7 heteroatoms. The van der Waals surface area contributed by atoms with Gasteiger partial charge in [0.2, 0.25) is 0 Å². The van der Waals surface area contributed by atoms with Gasteiger partial charge in [-0.15, -0.1) is 11.3 Å². The fraction of sp³-hybridized carbons (Fsp3) is 0.636. The first kappa shape index (κ1) is 14.0. The third-order valence-corrected chi connectivity index (χ3v) is 6.15. The molecule has 5 nitrogen and oxygen atoms in total. The largest absolute Gasteiger partial charge is 0.392 e. The van der Waals surface area contributed by atoms with E-state index in [4.69, 9.17) is 9.84 Å². The first-order chi connectivity index (χ1) is 8.54. The van der Waals surface area contributed by atoms with Gasteiger partial charge >= 0.3 is 0 Å². The molecule has 0 bridgehead atoms. The van der Waals surface area contributed by atoms with Crippen LogP contribution in [-0.2, 0) is 21.4 Å². The van der Waals surface area contributed by atoms with Crippen LogP contribution in [0.3, 0.4) is 0 Å². The maximum atomic E-state index is 12.4. The third-order valence-electron chi connectivity index (χ3n) is 2.82. The maximum absolute atomic E-state index is 12.4. The van der Waals surface area contributed by atoms with Gasteiger partial charge in [0, 0.05) is 19.7 Å². The molecule has 0 spiro atoms. The summed E-state index contributed by atoms with van der Waals surface area (Å²) in [4.78, 5) is 0. The molecule has 18 heavy (non-hydrogen) atoms. The van der Waals surface area contributed by atoms with Gasteiger partial charge in [-0.2, -0.15) is 4.31 Å². The van der Waals surface area contributed by atoms with Gasteiger partial charge in [0.1, 0.15) is 4.21 Å². The Bertz CT molecular complexity index is 497. The maximum Gasteiger partial charge on any atom is 0.252 e. The van der Waals surface area contributed by atoms with Gasteiger partial charge < -0.3 is 9.84 Å². The molecule has 0 radical (unpaired) electrons. The number of thiophene rings is 1. The Morgan fingerprint density at radius 3 is 3.06 bits per heavy atom. The van der Waals surface area contributed by atoms with Crippen molar-refractivity contribution in [1.82, 2.24) is 4.31 Å². The van der Waals surface area contributed by atoms with Crippen LogP contribution in [0.4, 0.5) is 0 Å². The van der Waals surface area contributed by atoms with Crippen LogP contribution in [0.15, 0.2) is 15.7 Å². The summed E-state index contributed by atoms with van der Waals surface area (Å²) in [6, 6.07) is 1.54. The van der Waals surface area contributed by atoms with Gasteiger partial charge in [-0.3, -0.25) is 0 Å².